The van der Waals surface area contributed by atoms with Crippen LogP contribution in [0.5, 0.6) is 0 Å². The predicted octanol–water partition coefficient (Wildman–Crippen LogP) is 1.44. The normalized spacial score (nSPS) is 29.5. The summed E-state index contributed by atoms with van der Waals surface area (Å²) in [5, 5.41) is 17.6. The summed E-state index contributed by atoms with van der Waals surface area (Å²) in [6.07, 6.45) is 0.947. The lowest BCUT2D eigenvalue weighted by Gasteiger charge is -2.02. The average molecular weight is 300 g/mol. The first-order valence-corrected chi connectivity index (χ1v) is 7.67. The van der Waals surface area contributed by atoms with Crippen molar-refractivity contribution in [1.82, 2.24) is 0 Å². The third-order valence-corrected chi connectivity index (χ3v) is 5.18. The van der Waals surface area contributed by atoms with Crippen LogP contribution in [0.15, 0.2) is 24.3 Å². The first kappa shape index (κ1) is 13.8. The van der Waals surface area contributed by atoms with Crippen LogP contribution in [0.1, 0.15) is 11.5 Å². The predicted molar refractivity (Wildman–Crippen MR) is 68.5 cm³/mol. The molecule has 1 aliphatic rings. The van der Waals surface area contributed by atoms with Gasteiger partial charge in [0.2, 0.25) is 0 Å². The summed E-state index contributed by atoms with van der Waals surface area (Å²) in [6, 6.07) is 7.84. The molecule has 1 N–H and O–H groups in total. The van der Waals surface area contributed by atoms with Gasteiger partial charge in [0.1, 0.15) is 5.25 Å². The summed E-state index contributed by atoms with van der Waals surface area (Å²) < 4.78 is 23.4. The van der Waals surface area contributed by atoms with Crippen molar-refractivity contribution < 1.29 is 18.3 Å². The third-order valence-electron chi connectivity index (χ3n) is 3.36. The number of nitrogens with zero attached hydrogens (tertiary/aromatic N) is 1. The van der Waals surface area contributed by atoms with Crippen LogP contribution in [0.25, 0.3) is 0 Å². The van der Waals surface area contributed by atoms with Gasteiger partial charge >= 0.3 is 5.97 Å². The second kappa shape index (κ2) is 4.22. The molecule has 0 bridgehead atoms. The number of carboxylic acid groups (broad SMARTS) is 1. The van der Waals surface area contributed by atoms with Gasteiger partial charge in [-0.3, -0.25) is 4.79 Å². The molecule has 1 aromatic rings. The molecule has 100 valence electrons. The fraction of sp³-hybridized carbons (Fsp3) is 0.333. The Morgan fingerprint density at radius 2 is 1.95 bits per heavy atom. The molecule has 0 amide bonds. The van der Waals surface area contributed by atoms with Gasteiger partial charge in [-0.1, -0.05) is 23.7 Å². The van der Waals surface area contributed by atoms with Crippen molar-refractivity contribution >= 4 is 27.4 Å². The number of benzene rings is 1. The number of aliphatic carboxylic acids is 1. The van der Waals surface area contributed by atoms with E-state index in [0.29, 0.717) is 10.6 Å². The van der Waals surface area contributed by atoms with Crippen LogP contribution in [0.2, 0.25) is 5.02 Å². The minimum absolute atomic E-state index is 0.457. The monoisotopic (exact) mass is 299 g/mol. The number of rotatable bonds is 3. The molecule has 0 unspecified atom stereocenters. The van der Waals surface area contributed by atoms with Gasteiger partial charge in [-0.2, -0.15) is 5.26 Å². The molecule has 1 aromatic carbocycles. The Bertz CT molecular complexity index is 677. The molecule has 0 aromatic heterocycles. The summed E-state index contributed by atoms with van der Waals surface area (Å²) in [5.41, 5.74) is -1.41. The molecule has 0 radical (unpaired) electrons. The Balaban J connectivity index is 2.54. The maximum absolute atomic E-state index is 11.7. The summed E-state index contributed by atoms with van der Waals surface area (Å²) in [4.78, 5) is 11.3. The second-order valence-corrected chi connectivity index (χ2v) is 7.17. The SMILES string of the molecule is CS(=O)(=O)[C@@H]1[C@H](c2ccc(Cl)cc2)[C@@]1(C#N)C(=O)O. The average Bonchev–Trinajstić information content (AvgIpc) is 3.00. The van der Waals surface area contributed by atoms with Gasteiger partial charge in [0, 0.05) is 17.2 Å². The van der Waals surface area contributed by atoms with Gasteiger partial charge in [-0.25, -0.2) is 8.42 Å². The van der Waals surface area contributed by atoms with E-state index >= 15 is 0 Å². The Kier molecular flexibility index (Phi) is 3.07. The Labute approximate surface area is 115 Å². The number of carbonyl (C=O) groups is 1. The van der Waals surface area contributed by atoms with Crippen molar-refractivity contribution in [2.24, 2.45) is 5.41 Å². The minimum Gasteiger partial charge on any atom is -0.480 e. The fourth-order valence-electron chi connectivity index (χ4n) is 2.48. The van der Waals surface area contributed by atoms with Crippen molar-refractivity contribution in [2.75, 3.05) is 6.26 Å². The molecule has 2 rings (SSSR count). The molecule has 7 heteroatoms. The number of nitriles is 1. The highest BCUT2D eigenvalue weighted by molar-refractivity contribution is 7.91. The Hall–Kier alpha value is -1.58. The highest BCUT2D eigenvalue weighted by atomic mass is 35.5. The molecule has 19 heavy (non-hydrogen) atoms. The fourth-order valence-corrected chi connectivity index (χ4v) is 4.37. The van der Waals surface area contributed by atoms with Crippen LogP contribution in [-0.2, 0) is 14.6 Å². The molecule has 3 atom stereocenters. The largest absolute Gasteiger partial charge is 0.480 e. The van der Waals surface area contributed by atoms with Crippen molar-refractivity contribution in [1.29, 1.82) is 5.26 Å². The van der Waals surface area contributed by atoms with Crippen LogP contribution in [0, 0.1) is 16.7 Å². The van der Waals surface area contributed by atoms with E-state index in [1.807, 2.05) is 0 Å². The summed E-state index contributed by atoms with van der Waals surface area (Å²) >= 11 is 5.73. The topological polar surface area (TPSA) is 95.2 Å². The van der Waals surface area contributed by atoms with Gasteiger partial charge in [0.25, 0.3) is 0 Å². The maximum Gasteiger partial charge on any atom is 0.326 e. The zero-order chi connectivity index (χ0) is 14.4. The number of halogens is 1. The van der Waals surface area contributed by atoms with E-state index in [0.717, 1.165) is 6.26 Å². The molecule has 1 saturated carbocycles. The number of hydrogen-bond acceptors (Lipinski definition) is 4. The van der Waals surface area contributed by atoms with Crippen molar-refractivity contribution in [2.45, 2.75) is 11.2 Å². The summed E-state index contributed by atoms with van der Waals surface area (Å²) in [7, 11) is -3.64. The van der Waals surface area contributed by atoms with Crippen LogP contribution in [-0.4, -0.2) is 31.0 Å². The van der Waals surface area contributed by atoms with E-state index in [2.05, 4.69) is 0 Å². The van der Waals surface area contributed by atoms with Crippen molar-refractivity contribution in [3.8, 4) is 6.07 Å². The smallest absolute Gasteiger partial charge is 0.326 e. The molecule has 0 saturated heterocycles. The standard InChI is InChI=1S/C12H10ClNO4S/c1-19(17,18)10-9(12(10,6-14)11(15)16)7-2-4-8(13)5-3-7/h2-5,9-10H,1H3,(H,15,16)/t9-,10+,12+/m0/s1. The maximum atomic E-state index is 11.7. The van der Waals surface area contributed by atoms with Crippen molar-refractivity contribution in [3.05, 3.63) is 34.9 Å². The Morgan fingerprint density at radius 3 is 2.26 bits per heavy atom. The highest BCUT2D eigenvalue weighted by Gasteiger charge is 2.76. The number of carboxylic acids is 1. The molecular formula is C12H10ClNO4S. The molecule has 0 heterocycles. The second-order valence-electron chi connectivity index (χ2n) is 4.57. The molecule has 5 nitrogen and oxygen atoms in total. The lowest BCUT2D eigenvalue weighted by molar-refractivity contribution is -0.141. The zero-order valence-electron chi connectivity index (χ0n) is 9.87. The molecule has 1 aliphatic carbocycles. The quantitative estimate of drug-likeness (QED) is 0.911. The molecule has 0 aliphatic heterocycles. The van der Waals surface area contributed by atoms with Crippen LogP contribution >= 0.6 is 11.6 Å². The van der Waals surface area contributed by atoms with Gasteiger partial charge in [0.15, 0.2) is 15.3 Å². The first-order valence-electron chi connectivity index (χ1n) is 5.34. The minimum atomic E-state index is -3.64. The summed E-state index contributed by atoms with van der Waals surface area (Å²) in [5.74, 6) is -2.27. The van der Waals surface area contributed by atoms with Crippen molar-refractivity contribution in [3.63, 3.8) is 0 Å². The van der Waals surface area contributed by atoms with E-state index in [1.54, 1.807) is 30.3 Å². The van der Waals surface area contributed by atoms with E-state index < -0.39 is 32.4 Å². The van der Waals surface area contributed by atoms with E-state index in [1.165, 1.54) is 0 Å². The van der Waals surface area contributed by atoms with Crippen LogP contribution in [0.3, 0.4) is 0 Å². The Morgan fingerprint density at radius 1 is 1.42 bits per heavy atom. The van der Waals surface area contributed by atoms with Crippen LogP contribution < -0.4 is 0 Å². The van der Waals surface area contributed by atoms with Crippen LogP contribution in [0.4, 0.5) is 0 Å². The third kappa shape index (κ3) is 1.99. The number of hydrogen-bond donors (Lipinski definition) is 1. The zero-order valence-corrected chi connectivity index (χ0v) is 11.4. The molecule has 1 fully saturated rings. The van der Waals surface area contributed by atoms with E-state index in [4.69, 9.17) is 16.9 Å². The number of sulfone groups is 1. The van der Waals surface area contributed by atoms with Gasteiger partial charge < -0.3 is 5.11 Å². The molecule has 0 spiro atoms. The summed E-state index contributed by atoms with van der Waals surface area (Å²) in [6.45, 7) is 0. The van der Waals surface area contributed by atoms with Gasteiger partial charge in [-0.15, -0.1) is 0 Å². The lowest BCUT2D eigenvalue weighted by Crippen LogP contribution is -2.21. The first-order chi connectivity index (χ1) is 8.75. The molecular weight excluding hydrogens is 290 g/mol. The van der Waals surface area contributed by atoms with Gasteiger partial charge in [-0.05, 0) is 17.7 Å². The highest BCUT2D eigenvalue weighted by Crippen LogP contribution is 2.62. The van der Waals surface area contributed by atoms with E-state index in [9.17, 15) is 18.3 Å². The lowest BCUT2D eigenvalue weighted by atomic mass is 10.0. The van der Waals surface area contributed by atoms with Gasteiger partial charge in [0.05, 0.1) is 6.07 Å². The van der Waals surface area contributed by atoms with E-state index in [-0.39, 0.29) is 0 Å².